The molecule has 0 radical (unpaired) electrons. The molecule has 0 saturated carbocycles. The first kappa shape index (κ1) is 12.6. The Bertz CT molecular complexity index is 442. The van der Waals surface area contributed by atoms with Crippen LogP contribution in [0.4, 0.5) is 0 Å². The van der Waals surface area contributed by atoms with E-state index in [0.29, 0.717) is 6.54 Å². The fourth-order valence-electron chi connectivity index (χ4n) is 2.12. The Labute approximate surface area is 107 Å². The summed E-state index contributed by atoms with van der Waals surface area (Å²) >= 11 is 0. The van der Waals surface area contributed by atoms with Gasteiger partial charge in [-0.05, 0) is 11.5 Å². The Morgan fingerprint density at radius 2 is 1.94 bits per heavy atom. The van der Waals surface area contributed by atoms with Gasteiger partial charge >= 0.3 is 0 Å². The number of hydrogen-bond donors (Lipinski definition) is 1. The second-order valence-corrected chi connectivity index (χ2v) is 4.97. The largest absolute Gasteiger partial charge is 0.343 e. The van der Waals surface area contributed by atoms with Crippen LogP contribution in [0, 0.1) is 5.92 Å². The maximum Gasteiger partial charge on any atom is 0.246 e. The number of carbonyl (C=O) groups excluding carboxylic acids is 2. The van der Waals surface area contributed by atoms with Crippen LogP contribution < -0.4 is 5.32 Å². The molecule has 0 bridgehead atoms. The molecule has 1 heterocycles. The Morgan fingerprint density at radius 3 is 2.56 bits per heavy atom. The molecule has 1 aromatic carbocycles. The van der Waals surface area contributed by atoms with Crippen molar-refractivity contribution in [3.05, 3.63) is 35.9 Å². The van der Waals surface area contributed by atoms with Gasteiger partial charge in [0.05, 0.1) is 6.54 Å². The molecule has 1 atom stereocenters. The predicted octanol–water partition coefficient (Wildman–Crippen LogP) is 1.17. The minimum Gasteiger partial charge on any atom is -0.343 e. The molecule has 4 heteroatoms. The van der Waals surface area contributed by atoms with E-state index in [0.717, 1.165) is 5.56 Å². The Morgan fingerprint density at radius 1 is 1.28 bits per heavy atom. The molecule has 1 saturated heterocycles. The predicted molar refractivity (Wildman–Crippen MR) is 68.6 cm³/mol. The molecular formula is C14H18N2O2. The molecule has 2 amide bonds. The lowest BCUT2D eigenvalue weighted by Crippen LogP contribution is -2.59. The third kappa shape index (κ3) is 2.70. The van der Waals surface area contributed by atoms with Crippen LogP contribution in [-0.2, 0) is 16.1 Å². The van der Waals surface area contributed by atoms with Crippen molar-refractivity contribution < 1.29 is 9.59 Å². The maximum absolute atomic E-state index is 12.2. The molecule has 0 spiro atoms. The zero-order valence-electron chi connectivity index (χ0n) is 10.7. The molecule has 2 rings (SSSR count). The van der Waals surface area contributed by atoms with Crippen LogP contribution in [0.2, 0.25) is 0 Å². The maximum atomic E-state index is 12.2. The average Bonchev–Trinajstić information content (AvgIpc) is 2.34. The van der Waals surface area contributed by atoms with Crippen molar-refractivity contribution in [2.45, 2.75) is 26.4 Å². The summed E-state index contributed by atoms with van der Waals surface area (Å²) in [5.41, 5.74) is 1.04. The van der Waals surface area contributed by atoms with Gasteiger partial charge in [0.15, 0.2) is 0 Å². The summed E-state index contributed by atoms with van der Waals surface area (Å²) in [7, 11) is 0. The minimum absolute atomic E-state index is 0.00783. The normalized spacial score (nSPS) is 20.2. The van der Waals surface area contributed by atoms with E-state index >= 15 is 0 Å². The summed E-state index contributed by atoms with van der Waals surface area (Å²) in [6.45, 7) is 4.52. The van der Waals surface area contributed by atoms with Gasteiger partial charge < -0.3 is 10.2 Å². The van der Waals surface area contributed by atoms with Crippen LogP contribution in [0.3, 0.4) is 0 Å². The highest BCUT2D eigenvalue weighted by atomic mass is 16.2. The van der Waals surface area contributed by atoms with E-state index in [1.807, 2.05) is 44.2 Å². The average molecular weight is 246 g/mol. The molecule has 1 unspecified atom stereocenters. The first-order valence-electron chi connectivity index (χ1n) is 6.20. The number of nitrogens with zero attached hydrogens (tertiary/aromatic N) is 1. The molecule has 0 aliphatic carbocycles. The fourth-order valence-corrected chi connectivity index (χ4v) is 2.12. The minimum atomic E-state index is -0.394. The molecule has 1 aromatic rings. The number of amides is 2. The topological polar surface area (TPSA) is 49.4 Å². The van der Waals surface area contributed by atoms with E-state index < -0.39 is 6.04 Å². The lowest BCUT2D eigenvalue weighted by atomic mass is 10.0. The van der Waals surface area contributed by atoms with E-state index in [1.165, 1.54) is 0 Å². The van der Waals surface area contributed by atoms with E-state index in [9.17, 15) is 9.59 Å². The molecule has 0 aromatic heterocycles. The molecule has 1 fully saturated rings. The van der Waals surface area contributed by atoms with Crippen LogP contribution in [0.15, 0.2) is 30.3 Å². The Balaban J connectivity index is 2.12. The first-order chi connectivity index (χ1) is 8.58. The SMILES string of the molecule is CC(C)C1NC(=O)CN(Cc2ccccc2)C1=O. The van der Waals surface area contributed by atoms with Gasteiger partial charge in [-0.1, -0.05) is 44.2 Å². The van der Waals surface area contributed by atoms with Gasteiger partial charge in [0.25, 0.3) is 0 Å². The number of rotatable bonds is 3. The van der Waals surface area contributed by atoms with E-state index in [-0.39, 0.29) is 24.3 Å². The standard InChI is InChI=1S/C14H18N2O2/c1-10(2)13-14(18)16(9-12(17)15-13)8-11-6-4-3-5-7-11/h3-7,10,13H,8-9H2,1-2H3,(H,15,17). The molecule has 4 nitrogen and oxygen atoms in total. The summed E-state index contributed by atoms with van der Waals surface area (Å²) in [6, 6.07) is 9.34. The van der Waals surface area contributed by atoms with Crippen LogP contribution in [0.25, 0.3) is 0 Å². The van der Waals surface area contributed by atoms with Gasteiger partial charge in [0, 0.05) is 6.54 Å². The van der Waals surface area contributed by atoms with Crippen molar-refractivity contribution in [1.82, 2.24) is 10.2 Å². The monoisotopic (exact) mass is 246 g/mol. The third-order valence-electron chi connectivity index (χ3n) is 3.11. The van der Waals surface area contributed by atoms with Crippen molar-refractivity contribution >= 4 is 11.8 Å². The van der Waals surface area contributed by atoms with Gasteiger partial charge in [0.1, 0.15) is 6.04 Å². The van der Waals surface area contributed by atoms with Crippen molar-refractivity contribution in [1.29, 1.82) is 0 Å². The van der Waals surface area contributed by atoms with Gasteiger partial charge in [-0.15, -0.1) is 0 Å². The van der Waals surface area contributed by atoms with E-state index in [2.05, 4.69) is 5.32 Å². The number of carbonyl (C=O) groups is 2. The summed E-state index contributed by atoms with van der Waals surface area (Å²) in [4.78, 5) is 25.5. The van der Waals surface area contributed by atoms with Crippen LogP contribution in [0.5, 0.6) is 0 Å². The van der Waals surface area contributed by atoms with Crippen molar-refractivity contribution in [3.8, 4) is 0 Å². The van der Waals surface area contributed by atoms with Crippen LogP contribution in [0.1, 0.15) is 19.4 Å². The van der Waals surface area contributed by atoms with Gasteiger partial charge in [0.2, 0.25) is 11.8 Å². The molecular weight excluding hydrogens is 228 g/mol. The highest BCUT2D eigenvalue weighted by Crippen LogP contribution is 2.13. The van der Waals surface area contributed by atoms with Crippen molar-refractivity contribution in [2.24, 2.45) is 5.92 Å². The summed E-state index contributed by atoms with van der Waals surface area (Å²) in [5, 5.41) is 2.75. The summed E-state index contributed by atoms with van der Waals surface area (Å²) < 4.78 is 0. The smallest absolute Gasteiger partial charge is 0.246 e. The van der Waals surface area contributed by atoms with Gasteiger partial charge in [-0.2, -0.15) is 0 Å². The number of hydrogen-bond acceptors (Lipinski definition) is 2. The van der Waals surface area contributed by atoms with Gasteiger partial charge in [-0.25, -0.2) is 0 Å². The summed E-state index contributed by atoms with van der Waals surface area (Å²) in [6.07, 6.45) is 0. The molecule has 1 aliphatic rings. The van der Waals surface area contributed by atoms with E-state index in [4.69, 9.17) is 0 Å². The van der Waals surface area contributed by atoms with E-state index in [1.54, 1.807) is 4.90 Å². The zero-order chi connectivity index (χ0) is 13.1. The zero-order valence-corrected chi connectivity index (χ0v) is 10.7. The molecule has 1 aliphatic heterocycles. The quantitative estimate of drug-likeness (QED) is 0.870. The van der Waals surface area contributed by atoms with Crippen molar-refractivity contribution in [3.63, 3.8) is 0 Å². The Kier molecular flexibility index (Phi) is 3.65. The highest BCUT2D eigenvalue weighted by molar-refractivity contribution is 5.94. The molecule has 1 N–H and O–H groups in total. The first-order valence-corrected chi connectivity index (χ1v) is 6.20. The molecule has 18 heavy (non-hydrogen) atoms. The second kappa shape index (κ2) is 5.21. The number of nitrogens with one attached hydrogen (secondary N) is 1. The second-order valence-electron chi connectivity index (χ2n) is 4.97. The number of piperazine rings is 1. The van der Waals surface area contributed by atoms with Gasteiger partial charge in [-0.3, -0.25) is 9.59 Å². The lowest BCUT2D eigenvalue weighted by molar-refractivity contribution is -0.146. The van der Waals surface area contributed by atoms with Crippen LogP contribution in [-0.4, -0.2) is 29.3 Å². The lowest BCUT2D eigenvalue weighted by Gasteiger charge is -2.34. The number of benzene rings is 1. The Hall–Kier alpha value is -1.84. The summed E-state index contributed by atoms with van der Waals surface area (Å²) in [5.74, 6) is 0.0395. The molecule has 96 valence electrons. The third-order valence-corrected chi connectivity index (χ3v) is 3.11. The fraction of sp³-hybridized carbons (Fsp3) is 0.429. The van der Waals surface area contributed by atoms with Crippen LogP contribution >= 0.6 is 0 Å². The highest BCUT2D eigenvalue weighted by Gasteiger charge is 2.34. The van der Waals surface area contributed by atoms with Crippen molar-refractivity contribution in [2.75, 3.05) is 6.54 Å².